The number of pyridine rings is 1. The summed E-state index contributed by atoms with van der Waals surface area (Å²) in [6, 6.07) is 1.86. The second-order valence-corrected chi connectivity index (χ2v) is 3.98. The van der Waals surface area contributed by atoms with E-state index < -0.39 is 17.8 Å². The van der Waals surface area contributed by atoms with Crippen LogP contribution in [0.3, 0.4) is 0 Å². The molecule has 0 radical (unpaired) electrons. The van der Waals surface area contributed by atoms with Gasteiger partial charge in [-0.15, -0.1) is 0 Å². The van der Waals surface area contributed by atoms with Crippen LogP contribution in [0.5, 0.6) is 0 Å². The summed E-state index contributed by atoms with van der Waals surface area (Å²) in [5.74, 6) is -0.885. The first-order chi connectivity index (χ1) is 9.36. The minimum Gasteiger partial charge on any atom is -0.319 e. The van der Waals surface area contributed by atoms with Crippen molar-refractivity contribution < 1.29 is 22.8 Å². The molecule has 1 aromatic rings. The molecule has 20 heavy (non-hydrogen) atoms. The molecule has 0 unspecified atom stereocenters. The number of anilines is 1. The van der Waals surface area contributed by atoms with Crippen molar-refractivity contribution in [1.29, 1.82) is 0 Å². The van der Waals surface area contributed by atoms with Crippen LogP contribution in [0.25, 0.3) is 0 Å². The molecule has 0 saturated heterocycles. The Kier molecular flexibility index (Phi) is 3.68. The van der Waals surface area contributed by atoms with Gasteiger partial charge in [-0.3, -0.25) is 9.59 Å². The lowest BCUT2D eigenvalue weighted by atomic mass is 10.1. The number of nitrogens with zero attached hydrogens (tertiary/aromatic N) is 2. The lowest BCUT2D eigenvalue weighted by Gasteiger charge is -2.12. The molecule has 0 aliphatic carbocycles. The maximum Gasteiger partial charge on any atom is 0.433 e. The molecule has 1 aliphatic heterocycles. The number of amides is 2. The number of carbonyl (C=O) groups excluding carboxylic acids is 2. The minimum absolute atomic E-state index is 0.101. The molecule has 6 nitrogen and oxygen atoms in total. The van der Waals surface area contributed by atoms with Gasteiger partial charge in [0.2, 0.25) is 5.91 Å². The molecule has 0 atom stereocenters. The van der Waals surface area contributed by atoms with Crippen LogP contribution in [-0.2, 0) is 15.8 Å². The van der Waals surface area contributed by atoms with Crippen molar-refractivity contribution in [3.8, 4) is 0 Å². The van der Waals surface area contributed by atoms with Crippen molar-refractivity contribution in [1.82, 2.24) is 10.4 Å². The molecule has 0 fully saturated rings. The van der Waals surface area contributed by atoms with Crippen molar-refractivity contribution in [3.05, 3.63) is 24.0 Å². The molecule has 2 N–H and O–H groups in total. The van der Waals surface area contributed by atoms with Crippen molar-refractivity contribution in [2.75, 3.05) is 5.32 Å². The predicted molar refractivity (Wildman–Crippen MR) is 62.7 cm³/mol. The van der Waals surface area contributed by atoms with Gasteiger partial charge in [-0.05, 0) is 12.1 Å². The molecule has 106 valence electrons. The summed E-state index contributed by atoms with van der Waals surface area (Å²) in [6.07, 6.45) is -3.31. The molecule has 0 aromatic carbocycles. The van der Waals surface area contributed by atoms with Gasteiger partial charge in [0.25, 0.3) is 5.91 Å². The maximum atomic E-state index is 12.3. The molecule has 2 rings (SSSR count). The predicted octanol–water partition coefficient (Wildman–Crippen LogP) is 1.30. The van der Waals surface area contributed by atoms with Crippen molar-refractivity contribution in [3.63, 3.8) is 0 Å². The molecular weight excluding hydrogens is 277 g/mol. The van der Waals surface area contributed by atoms with E-state index in [-0.39, 0.29) is 30.1 Å². The topological polar surface area (TPSA) is 83.5 Å². The lowest BCUT2D eigenvalue weighted by Crippen LogP contribution is -2.32. The van der Waals surface area contributed by atoms with E-state index in [0.29, 0.717) is 0 Å². The Labute approximate surface area is 111 Å². The normalized spacial score (nSPS) is 15.3. The second-order valence-electron chi connectivity index (χ2n) is 3.98. The third-order valence-electron chi connectivity index (χ3n) is 2.48. The summed E-state index contributed by atoms with van der Waals surface area (Å²) in [5, 5.41) is 5.92. The third kappa shape index (κ3) is 3.31. The van der Waals surface area contributed by atoms with Crippen LogP contribution in [0.2, 0.25) is 0 Å². The highest BCUT2D eigenvalue weighted by molar-refractivity contribution is 6.43. The Morgan fingerprint density at radius 1 is 1.30 bits per heavy atom. The fourth-order valence-electron chi connectivity index (χ4n) is 1.48. The van der Waals surface area contributed by atoms with Crippen LogP contribution in [0, 0.1) is 0 Å². The molecule has 2 amide bonds. The van der Waals surface area contributed by atoms with Crippen molar-refractivity contribution >= 4 is 23.2 Å². The number of halogens is 3. The highest BCUT2D eigenvalue weighted by Gasteiger charge is 2.32. The standard InChI is InChI=1S/C11H9F3N4O2/c12-11(13,14)8-3-1-6(5-15-8)16-10(20)7-2-4-9(19)18-17-7/h1,3,5H,2,4H2,(H,16,20)(H,18,19). The second kappa shape index (κ2) is 5.27. The van der Waals surface area contributed by atoms with Gasteiger partial charge in [0.05, 0.1) is 11.9 Å². The van der Waals surface area contributed by atoms with Gasteiger partial charge in [-0.1, -0.05) is 0 Å². The van der Waals surface area contributed by atoms with E-state index in [1.54, 1.807) is 0 Å². The Morgan fingerprint density at radius 2 is 2.05 bits per heavy atom. The molecular formula is C11H9F3N4O2. The average molecular weight is 286 g/mol. The van der Waals surface area contributed by atoms with E-state index in [1.807, 2.05) is 0 Å². The Bertz CT molecular complexity index is 566. The number of carbonyl (C=O) groups is 2. The van der Waals surface area contributed by atoms with Crippen molar-refractivity contribution in [2.24, 2.45) is 5.10 Å². The van der Waals surface area contributed by atoms with Gasteiger partial charge >= 0.3 is 6.18 Å². The summed E-state index contributed by atoms with van der Waals surface area (Å²) in [4.78, 5) is 25.8. The zero-order valence-electron chi connectivity index (χ0n) is 9.99. The summed E-state index contributed by atoms with van der Waals surface area (Å²) in [7, 11) is 0. The number of hydrogen-bond donors (Lipinski definition) is 2. The number of rotatable bonds is 2. The third-order valence-corrected chi connectivity index (χ3v) is 2.48. The molecule has 1 aromatic heterocycles. The van der Waals surface area contributed by atoms with E-state index in [1.165, 1.54) is 0 Å². The minimum atomic E-state index is -4.53. The summed E-state index contributed by atoms with van der Waals surface area (Å²) < 4.78 is 36.9. The largest absolute Gasteiger partial charge is 0.433 e. The number of alkyl halides is 3. The Balaban J connectivity index is 2.03. The highest BCUT2D eigenvalue weighted by atomic mass is 19.4. The number of hydrazone groups is 1. The van der Waals surface area contributed by atoms with E-state index in [4.69, 9.17) is 0 Å². The first-order valence-electron chi connectivity index (χ1n) is 5.56. The van der Waals surface area contributed by atoms with Gasteiger partial charge in [0.15, 0.2) is 0 Å². The van der Waals surface area contributed by atoms with E-state index in [9.17, 15) is 22.8 Å². The maximum absolute atomic E-state index is 12.3. The van der Waals surface area contributed by atoms with Gasteiger partial charge in [0, 0.05) is 12.8 Å². The van der Waals surface area contributed by atoms with Gasteiger partial charge < -0.3 is 5.32 Å². The van der Waals surface area contributed by atoms with Gasteiger partial charge in [0.1, 0.15) is 11.4 Å². The number of hydrogen-bond acceptors (Lipinski definition) is 4. The fourth-order valence-corrected chi connectivity index (χ4v) is 1.48. The van der Waals surface area contributed by atoms with Crippen LogP contribution < -0.4 is 10.7 Å². The quantitative estimate of drug-likeness (QED) is 0.859. The summed E-state index contributed by atoms with van der Waals surface area (Å²) in [5.41, 5.74) is 1.32. The molecule has 0 saturated carbocycles. The molecule has 0 spiro atoms. The number of aromatic nitrogens is 1. The molecule has 0 bridgehead atoms. The summed E-state index contributed by atoms with van der Waals surface area (Å²) in [6.45, 7) is 0. The zero-order valence-corrected chi connectivity index (χ0v) is 9.99. The monoisotopic (exact) mass is 286 g/mol. The van der Waals surface area contributed by atoms with E-state index in [2.05, 4.69) is 20.8 Å². The fraction of sp³-hybridized carbons (Fsp3) is 0.273. The first-order valence-corrected chi connectivity index (χ1v) is 5.56. The molecule has 9 heteroatoms. The van der Waals surface area contributed by atoms with Crippen LogP contribution >= 0.6 is 0 Å². The van der Waals surface area contributed by atoms with Crippen molar-refractivity contribution in [2.45, 2.75) is 19.0 Å². The van der Waals surface area contributed by atoms with Crippen LogP contribution in [0.15, 0.2) is 23.4 Å². The highest BCUT2D eigenvalue weighted by Crippen LogP contribution is 2.27. The number of nitrogens with one attached hydrogen (secondary N) is 2. The zero-order chi connectivity index (χ0) is 14.8. The van der Waals surface area contributed by atoms with Crippen LogP contribution in [0.1, 0.15) is 18.5 Å². The van der Waals surface area contributed by atoms with Gasteiger partial charge in [-0.25, -0.2) is 10.4 Å². The van der Waals surface area contributed by atoms with Gasteiger partial charge in [-0.2, -0.15) is 18.3 Å². The van der Waals surface area contributed by atoms with Crippen LogP contribution in [0.4, 0.5) is 18.9 Å². The Morgan fingerprint density at radius 3 is 2.55 bits per heavy atom. The van der Waals surface area contributed by atoms with Crippen LogP contribution in [-0.4, -0.2) is 22.5 Å². The SMILES string of the molecule is O=C1CCC(C(=O)Nc2ccc(C(F)(F)F)nc2)=NN1. The molecule has 1 aliphatic rings. The summed E-state index contributed by atoms with van der Waals surface area (Å²) >= 11 is 0. The molecule has 2 heterocycles. The first kappa shape index (κ1) is 14.0. The van der Waals surface area contributed by atoms with E-state index in [0.717, 1.165) is 18.3 Å². The smallest absolute Gasteiger partial charge is 0.319 e. The lowest BCUT2D eigenvalue weighted by molar-refractivity contribution is -0.141. The average Bonchev–Trinajstić information content (AvgIpc) is 2.39. The Hall–Kier alpha value is -2.45. The van der Waals surface area contributed by atoms with E-state index >= 15 is 0 Å².